The summed E-state index contributed by atoms with van der Waals surface area (Å²) in [5.74, 6) is -0.895. The van der Waals surface area contributed by atoms with Crippen molar-refractivity contribution in [3.63, 3.8) is 0 Å². The normalized spacial score (nSPS) is 25.3. The van der Waals surface area contributed by atoms with Crippen LogP contribution in [-0.2, 0) is 29.4 Å². The minimum Gasteiger partial charge on any atom is -0.371 e. The number of halogens is 1. The van der Waals surface area contributed by atoms with Crippen molar-refractivity contribution in [2.75, 3.05) is 67.5 Å². The van der Waals surface area contributed by atoms with E-state index in [1.807, 2.05) is 22.2 Å². The Morgan fingerprint density at radius 2 is 1.47 bits per heavy atom. The van der Waals surface area contributed by atoms with E-state index in [0.29, 0.717) is 102 Å². The maximum atomic E-state index is 15.3. The number of amides is 5. The molecule has 5 saturated heterocycles. The molecule has 1 unspecified atom stereocenters. The molecule has 1 atom stereocenters. The third kappa shape index (κ3) is 8.52. The summed E-state index contributed by atoms with van der Waals surface area (Å²) in [6.07, 6.45) is 14.1. The lowest BCUT2D eigenvalue weighted by molar-refractivity contribution is -0.144. The number of rotatable bonds is 10. The van der Waals surface area contributed by atoms with E-state index in [1.165, 1.54) is 25.3 Å². The first-order chi connectivity index (χ1) is 34.9. The number of anilines is 3. The van der Waals surface area contributed by atoms with Gasteiger partial charge in [0.15, 0.2) is 5.82 Å². The maximum absolute atomic E-state index is 15.3. The summed E-state index contributed by atoms with van der Waals surface area (Å²) in [6.45, 7) is 9.98. The molecule has 12 rings (SSSR count). The molecular weight excluding hydrogens is 912 g/mol. The number of imidazole rings is 1. The van der Waals surface area contributed by atoms with Crippen molar-refractivity contribution in [3.8, 4) is 11.3 Å². The van der Waals surface area contributed by atoms with Crippen molar-refractivity contribution in [3.05, 3.63) is 65.7 Å². The summed E-state index contributed by atoms with van der Waals surface area (Å²) in [5, 5.41) is 6.01. The number of imide groups is 1. The number of carbonyl (C=O) groups is 5. The van der Waals surface area contributed by atoms with Gasteiger partial charge >= 0.3 is 0 Å². The summed E-state index contributed by atoms with van der Waals surface area (Å²) in [7, 11) is 0. The lowest BCUT2D eigenvalue weighted by atomic mass is 9.73. The van der Waals surface area contributed by atoms with Gasteiger partial charge in [-0.05, 0) is 140 Å². The topological polar surface area (TPSA) is 156 Å². The van der Waals surface area contributed by atoms with Gasteiger partial charge in [0.2, 0.25) is 29.5 Å². The van der Waals surface area contributed by atoms with Gasteiger partial charge in [0.05, 0.1) is 28.9 Å². The monoisotopic (exact) mass is 981 g/mol. The molecule has 6 aliphatic heterocycles. The van der Waals surface area contributed by atoms with Gasteiger partial charge in [0.25, 0.3) is 0 Å². The summed E-state index contributed by atoms with van der Waals surface area (Å²) < 4.78 is 17.5. The molecule has 7 fully saturated rings. The van der Waals surface area contributed by atoms with E-state index in [1.54, 1.807) is 6.07 Å². The van der Waals surface area contributed by atoms with E-state index in [-0.39, 0.29) is 54.0 Å². The second-order valence-corrected chi connectivity index (χ2v) is 22.6. The number of piperidine rings is 5. The van der Waals surface area contributed by atoms with Crippen LogP contribution in [0, 0.1) is 17.7 Å². The number of nitrogens with zero attached hydrogens (tertiary/aromatic N) is 8. The van der Waals surface area contributed by atoms with Crippen LogP contribution in [0.3, 0.4) is 0 Å². The Kier molecular flexibility index (Phi) is 12.3. The average Bonchev–Trinajstić information content (AvgIpc) is 4.05. The molecular formula is C56H69FN10O5. The van der Waals surface area contributed by atoms with Crippen LogP contribution in [0.25, 0.3) is 22.3 Å². The van der Waals surface area contributed by atoms with Gasteiger partial charge in [0.1, 0.15) is 11.3 Å². The van der Waals surface area contributed by atoms with Gasteiger partial charge < -0.3 is 34.4 Å². The number of aromatic nitrogens is 3. The summed E-state index contributed by atoms with van der Waals surface area (Å²) in [6, 6.07) is 14.9. The zero-order valence-corrected chi connectivity index (χ0v) is 41.9. The van der Waals surface area contributed by atoms with Crippen LogP contribution < -0.4 is 20.4 Å². The molecule has 0 bridgehead atoms. The average molecular weight is 981 g/mol. The van der Waals surface area contributed by atoms with Gasteiger partial charge in [-0.3, -0.25) is 29.3 Å². The van der Waals surface area contributed by atoms with E-state index >= 15 is 9.18 Å². The fraction of sp³-hybridized carbons (Fsp3) is 0.589. The molecule has 8 heterocycles. The van der Waals surface area contributed by atoms with Crippen LogP contribution >= 0.6 is 0 Å². The van der Waals surface area contributed by atoms with Crippen LogP contribution in [0.1, 0.15) is 133 Å². The van der Waals surface area contributed by atoms with Gasteiger partial charge in [-0.25, -0.2) is 14.4 Å². The first kappa shape index (κ1) is 47.1. The molecule has 2 aliphatic carbocycles. The fourth-order valence-electron chi connectivity index (χ4n) is 13.4. The molecule has 2 aromatic heterocycles. The Labute approximate surface area is 421 Å². The van der Waals surface area contributed by atoms with Crippen LogP contribution in [0.4, 0.5) is 21.6 Å². The summed E-state index contributed by atoms with van der Waals surface area (Å²) in [5.41, 5.74) is 6.18. The van der Waals surface area contributed by atoms with E-state index in [4.69, 9.17) is 9.97 Å². The SMILES string of the molecule is CC(C)n1cnc2cc(-c3ccc4c(c3)N([C@H]3C[C@@H](N5CCCCC5)C3)C(=O)C43CCN(C(=O)C4CCN(C(=O)C5CCN(c6ccc(C7CCC(=O)NC7=O)c(F)c6)CC5)CC4)CC3)nc(NC3CC3)c21. The number of likely N-dealkylation sites (tertiary alicyclic amines) is 3. The highest BCUT2D eigenvalue weighted by molar-refractivity contribution is 6.09. The lowest BCUT2D eigenvalue weighted by Gasteiger charge is -2.48. The Hall–Kier alpha value is -5.90. The molecule has 4 aromatic rings. The molecule has 380 valence electrons. The van der Waals surface area contributed by atoms with E-state index < -0.39 is 23.1 Å². The molecule has 2 aromatic carbocycles. The van der Waals surface area contributed by atoms with Crippen molar-refractivity contribution in [1.29, 1.82) is 0 Å². The Bertz CT molecular complexity index is 2790. The van der Waals surface area contributed by atoms with E-state index in [9.17, 15) is 19.2 Å². The minimum atomic E-state index is -0.689. The van der Waals surface area contributed by atoms with Gasteiger partial charge in [-0.1, -0.05) is 24.6 Å². The highest BCUT2D eigenvalue weighted by atomic mass is 19.1. The number of nitrogens with one attached hydrogen (secondary N) is 2. The molecule has 0 radical (unpaired) electrons. The Balaban J connectivity index is 0.695. The second-order valence-electron chi connectivity index (χ2n) is 22.6. The van der Waals surface area contributed by atoms with Gasteiger partial charge in [0, 0.05) is 104 Å². The maximum Gasteiger partial charge on any atom is 0.238 e. The number of fused-ring (bicyclic) bond motifs is 3. The molecule has 72 heavy (non-hydrogen) atoms. The van der Waals surface area contributed by atoms with Crippen LogP contribution in [0.5, 0.6) is 0 Å². The van der Waals surface area contributed by atoms with Crippen molar-refractivity contribution < 1.29 is 28.4 Å². The molecule has 15 nitrogen and oxygen atoms in total. The molecule has 2 saturated carbocycles. The quantitative estimate of drug-likeness (QED) is 0.155. The predicted octanol–water partition coefficient (Wildman–Crippen LogP) is 7.29. The predicted molar refractivity (Wildman–Crippen MR) is 273 cm³/mol. The van der Waals surface area contributed by atoms with Crippen molar-refractivity contribution in [2.24, 2.45) is 11.8 Å². The van der Waals surface area contributed by atoms with E-state index in [2.05, 4.69) is 68.0 Å². The van der Waals surface area contributed by atoms with Crippen LogP contribution in [0.2, 0.25) is 0 Å². The van der Waals surface area contributed by atoms with Gasteiger partial charge in [-0.2, -0.15) is 0 Å². The van der Waals surface area contributed by atoms with Crippen molar-refractivity contribution >= 4 is 57.8 Å². The Morgan fingerprint density at radius 3 is 2.14 bits per heavy atom. The summed E-state index contributed by atoms with van der Waals surface area (Å²) >= 11 is 0. The lowest BCUT2D eigenvalue weighted by Crippen LogP contribution is -2.58. The highest BCUT2D eigenvalue weighted by Crippen LogP contribution is 2.52. The molecule has 1 spiro atoms. The first-order valence-corrected chi connectivity index (χ1v) is 27.2. The largest absolute Gasteiger partial charge is 0.371 e. The smallest absolute Gasteiger partial charge is 0.238 e. The molecule has 2 N–H and O–H groups in total. The number of carbonyl (C=O) groups excluding carboxylic acids is 5. The zero-order valence-electron chi connectivity index (χ0n) is 41.9. The highest BCUT2D eigenvalue weighted by Gasteiger charge is 2.56. The number of pyridine rings is 1. The minimum absolute atomic E-state index is 0.131. The van der Waals surface area contributed by atoms with Crippen LogP contribution in [-0.4, -0.2) is 129 Å². The number of hydrogen-bond acceptors (Lipinski definition) is 10. The number of benzene rings is 2. The number of hydrogen-bond donors (Lipinski definition) is 2. The third-order valence-electron chi connectivity index (χ3n) is 18.0. The van der Waals surface area contributed by atoms with Crippen LogP contribution in [0.15, 0.2) is 48.8 Å². The van der Waals surface area contributed by atoms with Crippen molar-refractivity contribution in [1.82, 2.24) is 34.6 Å². The van der Waals surface area contributed by atoms with E-state index in [0.717, 1.165) is 83.8 Å². The molecule has 8 aliphatic rings. The fourth-order valence-corrected chi connectivity index (χ4v) is 13.4. The Morgan fingerprint density at radius 1 is 0.778 bits per heavy atom. The standard InChI is InChI=1S/C56H69FN10O5/c1-34(2)66-33-58-47-32-46(60-51(50(47)66)59-38-7-8-38)37-6-12-44-48(28-37)67(41-29-40(30-41)62-20-4-3-5-21-62)55(72)56(44)18-26-65(27-19-56)54(71)36-16-24-64(25-17-36)53(70)35-14-22-63(23-15-35)39-9-10-42(45(57)31-39)43-11-13-49(68)61-52(43)69/h6,9-10,12,28,31-36,38,40-41,43H,3-5,7-8,11,13-27,29-30H2,1-2H3,(H,59,60)(H,61,68,69)/t40-,41+,43?. The second kappa shape index (κ2) is 18.9. The molecule has 16 heteroatoms. The van der Waals surface area contributed by atoms with Gasteiger partial charge in [-0.15, -0.1) is 0 Å². The zero-order chi connectivity index (χ0) is 49.4. The van der Waals surface area contributed by atoms with Crippen molar-refractivity contribution in [2.45, 2.75) is 146 Å². The first-order valence-electron chi connectivity index (χ1n) is 27.2. The molecule has 5 amide bonds. The summed E-state index contributed by atoms with van der Waals surface area (Å²) in [4.78, 5) is 88.3. The third-order valence-corrected chi connectivity index (χ3v) is 18.0.